The summed E-state index contributed by atoms with van der Waals surface area (Å²) in [5.74, 6) is 1.44. The van der Waals surface area contributed by atoms with E-state index in [-0.39, 0.29) is 12.0 Å². The van der Waals surface area contributed by atoms with Crippen LogP contribution in [0.25, 0.3) is 0 Å². The number of aliphatic hydroxyl groups is 1. The van der Waals surface area contributed by atoms with Gasteiger partial charge in [0.25, 0.3) is 0 Å². The van der Waals surface area contributed by atoms with Crippen molar-refractivity contribution in [3.05, 3.63) is 30.3 Å². The maximum absolute atomic E-state index is 9.62. The van der Waals surface area contributed by atoms with E-state index in [9.17, 15) is 5.11 Å². The van der Waals surface area contributed by atoms with E-state index in [1.54, 1.807) is 0 Å². The van der Waals surface area contributed by atoms with Crippen molar-refractivity contribution < 1.29 is 9.84 Å². The van der Waals surface area contributed by atoms with Gasteiger partial charge in [0.1, 0.15) is 5.75 Å². The monoisotopic (exact) mass is 265 g/mol. The van der Waals surface area contributed by atoms with Crippen LogP contribution in [0, 0.1) is 11.3 Å². The average molecular weight is 265 g/mol. The highest BCUT2D eigenvalue weighted by atomic mass is 16.5. The van der Waals surface area contributed by atoms with Crippen LogP contribution >= 0.6 is 0 Å². The summed E-state index contributed by atoms with van der Waals surface area (Å²) in [7, 11) is 0. The minimum Gasteiger partial charge on any atom is -0.494 e. The van der Waals surface area contributed by atoms with Crippen molar-refractivity contribution in [2.24, 2.45) is 17.1 Å². The molecule has 0 aromatic heterocycles. The van der Waals surface area contributed by atoms with E-state index in [0.717, 1.165) is 25.0 Å². The van der Waals surface area contributed by atoms with E-state index in [4.69, 9.17) is 10.5 Å². The molecule has 1 atom stereocenters. The second-order valence-electron chi connectivity index (χ2n) is 5.73. The maximum Gasteiger partial charge on any atom is 0.119 e. The van der Waals surface area contributed by atoms with Gasteiger partial charge in [-0.25, -0.2) is 0 Å². The van der Waals surface area contributed by atoms with E-state index >= 15 is 0 Å². The Morgan fingerprint density at radius 1 is 1.26 bits per heavy atom. The molecule has 0 aliphatic heterocycles. The third-order valence-corrected chi connectivity index (χ3v) is 3.47. The standard InChI is InChI=1S/C16H27NO2/c1-14(2)11-16(12-17,13-18)9-6-10-19-15-7-4-3-5-8-15/h3-5,7-8,14,18H,6,9-13,17H2,1-2H3. The zero-order valence-corrected chi connectivity index (χ0v) is 12.1. The first-order chi connectivity index (χ1) is 9.12. The average Bonchev–Trinajstić information content (AvgIpc) is 2.43. The van der Waals surface area contributed by atoms with Crippen LogP contribution in [-0.2, 0) is 0 Å². The summed E-state index contributed by atoms with van der Waals surface area (Å²) in [6, 6.07) is 9.81. The summed E-state index contributed by atoms with van der Waals surface area (Å²) in [6.45, 7) is 5.70. The second kappa shape index (κ2) is 8.18. The normalized spacial score (nSPS) is 14.4. The highest BCUT2D eigenvalue weighted by molar-refractivity contribution is 5.20. The fraction of sp³-hybridized carbons (Fsp3) is 0.625. The molecule has 0 aliphatic rings. The molecule has 3 nitrogen and oxygen atoms in total. The fourth-order valence-corrected chi connectivity index (χ4v) is 2.52. The number of nitrogens with two attached hydrogens (primary N) is 1. The van der Waals surface area contributed by atoms with Gasteiger partial charge in [-0.1, -0.05) is 32.0 Å². The van der Waals surface area contributed by atoms with E-state index in [1.807, 2.05) is 30.3 Å². The summed E-state index contributed by atoms with van der Waals surface area (Å²) in [6.07, 6.45) is 2.79. The van der Waals surface area contributed by atoms with Gasteiger partial charge in [-0.05, 0) is 37.3 Å². The first-order valence-corrected chi connectivity index (χ1v) is 7.11. The van der Waals surface area contributed by atoms with Crippen molar-refractivity contribution in [2.75, 3.05) is 19.8 Å². The summed E-state index contributed by atoms with van der Waals surface area (Å²) < 4.78 is 5.67. The molecule has 108 valence electrons. The molecule has 0 spiro atoms. The number of rotatable bonds is 9. The van der Waals surface area contributed by atoms with E-state index in [2.05, 4.69) is 13.8 Å². The summed E-state index contributed by atoms with van der Waals surface area (Å²) in [4.78, 5) is 0. The molecular weight excluding hydrogens is 238 g/mol. The first kappa shape index (κ1) is 16.0. The summed E-state index contributed by atoms with van der Waals surface area (Å²) >= 11 is 0. The van der Waals surface area contributed by atoms with Gasteiger partial charge >= 0.3 is 0 Å². The lowest BCUT2D eigenvalue weighted by molar-refractivity contribution is 0.0913. The lowest BCUT2D eigenvalue weighted by Crippen LogP contribution is -2.36. The Balaban J connectivity index is 2.36. The Kier molecular flexibility index (Phi) is 6.89. The maximum atomic E-state index is 9.62. The number of para-hydroxylation sites is 1. The highest BCUT2D eigenvalue weighted by Gasteiger charge is 2.28. The van der Waals surface area contributed by atoms with Crippen LogP contribution in [0.5, 0.6) is 5.75 Å². The predicted molar refractivity (Wildman–Crippen MR) is 79.2 cm³/mol. The Labute approximate surface area is 116 Å². The van der Waals surface area contributed by atoms with E-state index in [1.165, 1.54) is 0 Å². The molecule has 0 saturated heterocycles. The number of aliphatic hydroxyl groups excluding tert-OH is 1. The van der Waals surface area contributed by atoms with Crippen molar-refractivity contribution >= 4 is 0 Å². The van der Waals surface area contributed by atoms with Gasteiger partial charge in [-0.2, -0.15) is 0 Å². The van der Waals surface area contributed by atoms with E-state index in [0.29, 0.717) is 19.1 Å². The topological polar surface area (TPSA) is 55.5 Å². The van der Waals surface area contributed by atoms with Crippen LogP contribution in [0.1, 0.15) is 33.1 Å². The molecule has 0 saturated carbocycles. The number of hydrogen-bond acceptors (Lipinski definition) is 3. The van der Waals surface area contributed by atoms with Crippen LogP contribution in [-0.4, -0.2) is 24.9 Å². The fourth-order valence-electron chi connectivity index (χ4n) is 2.52. The third-order valence-electron chi connectivity index (χ3n) is 3.47. The summed E-state index contributed by atoms with van der Waals surface area (Å²) in [5.41, 5.74) is 5.71. The highest BCUT2D eigenvalue weighted by Crippen LogP contribution is 2.30. The molecule has 0 heterocycles. The minimum absolute atomic E-state index is 0.145. The quantitative estimate of drug-likeness (QED) is 0.675. The van der Waals surface area contributed by atoms with Gasteiger partial charge in [0.05, 0.1) is 6.61 Å². The molecule has 0 bridgehead atoms. The van der Waals surface area contributed by atoms with Gasteiger partial charge in [-0.15, -0.1) is 0 Å². The predicted octanol–water partition coefficient (Wildman–Crippen LogP) is 2.83. The zero-order valence-electron chi connectivity index (χ0n) is 12.1. The third kappa shape index (κ3) is 5.62. The molecule has 0 amide bonds. The molecule has 1 unspecified atom stereocenters. The second-order valence-corrected chi connectivity index (χ2v) is 5.73. The molecule has 1 aromatic carbocycles. The lowest BCUT2D eigenvalue weighted by Gasteiger charge is -2.32. The van der Waals surface area contributed by atoms with Gasteiger partial charge in [0.15, 0.2) is 0 Å². The van der Waals surface area contributed by atoms with Gasteiger partial charge < -0.3 is 15.6 Å². The molecule has 3 heteroatoms. The Bertz CT molecular complexity index is 334. The van der Waals surface area contributed by atoms with Crippen molar-refractivity contribution in [3.63, 3.8) is 0 Å². The molecule has 3 N–H and O–H groups in total. The molecule has 1 aromatic rings. The molecule has 0 aliphatic carbocycles. The largest absolute Gasteiger partial charge is 0.494 e. The van der Waals surface area contributed by atoms with Crippen molar-refractivity contribution in [1.82, 2.24) is 0 Å². The molecule has 0 fully saturated rings. The van der Waals surface area contributed by atoms with Crippen LogP contribution in [0.4, 0.5) is 0 Å². The molecule has 1 rings (SSSR count). The number of ether oxygens (including phenoxy) is 1. The number of hydrogen-bond donors (Lipinski definition) is 2. The van der Waals surface area contributed by atoms with Gasteiger partial charge in [-0.3, -0.25) is 0 Å². The van der Waals surface area contributed by atoms with Crippen LogP contribution in [0.3, 0.4) is 0 Å². The van der Waals surface area contributed by atoms with Crippen LogP contribution in [0.15, 0.2) is 30.3 Å². The molecule has 19 heavy (non-hydrogen) atoms. The summed E-state index contributed by atoms with van der Waals surface area (Å²) in [5, 5.41) is 9.62. The number of benzene rings is 1. The molecular formula is C16H27NO2. The van der Waals surface area contributed by atoms with Crippen LogP contribution < -0.4 is 10.5 Å². The minimum atomic E-state index is -0.145. The van der Waals surface area contributed by atoms with Crippen molar-refractivity contribution in [1.29, 1.82) is 0 Å². The first-order valence-electron chi connectivity index (χ1n) is 7.11. The van der Waals surface area contributed by atoms with Gasteiger partial charge in [0.2, 0.25) is 0 Å². The molecule has 0 radical (unpaired) electrons. The van der Waals surface area contributed by atoms with Crippen molar-refractivity contribution in [3.8, 4) is 5.75 Å². The Hall–Kier alpha value is -1.06. The van der Waals surface area contributed by atoms with Crippen LogP contribution in [0.2, 0.25) is 0 Å². The Morgan fingerprint density at radius 3 is 2.47 bits per heavy atom. The van der Waals surface area contributed by atoms with Crippen molar-refractivity contribution in [2.45, 2.75) is 33.1 Å². The Morgan fingerprint density at radius 2 is 1.95 bits per heavy atom. The van der Waals surface area contributed by atoms with E-state index < -0.39 is 0 Å². The smallest absolute Gasteiger partial charge is 0.119 e. The SMILES string of the molecule is CC(C)CC(CN)(CO)CCCOc1ccccc1. The lowest BCUT2D eigenvalue weighted by atomic mass is 9.77. The van der Waals surface area contributed by atoms with Gasteiger partial charge in [0, 0.05) is 18.6 Å². The zero-order chi connectivity index (χ0) is 14.1.